The van der Waals surface area contributed by atoms with Crippen LogP contribution in [0.2, 0.25) is 0 Å². The van der Waals surface area contributed by atoms with Crippen molar-refractivity contribution in [3.05, 3.63) is 12.2 Å². The Morgan fingerprint density at radius 1 is 1.12 bits per heavy atom. The molecule has 0 bridgehead atoms. The maximum Gasteiger partial charge on any atom is 0.0344 e. The molecular weight excluding hydrogens is 194 g/mol. The van der Waals surface area contributed by atoms with Gasteiger partial charge >= 0.3 is 0 Å². The molecule has 0 heterocycles. The maximum absolute atomic E-state index is 6.51. The minimum atomic E-state index is -0.0847. The van der Waals surface area contributed by atoms with Crippen LogP contribution < -0.4 is 5.73 Å². The van der Waals surface area contributed by atoms with Crippen molar-refractivity contribution in [2.24, 2.45) is 23.0 Å². The predicted molar refractivity (Wildman–Crippen MR) is 70.2 cm³/mol. The average molecular weight is 221 g/mol. The van der Waals surface area contributed by atoms with Gasteiger partial charge in [0, 0.05) is 5.54 Å². The molecule has 3 unspecified atom stereocenters. The molecule has 1 heteroatoms. The van der Waals surface area contributed by atoms with Gasteiger partial charge in [-0.25, -0.2) is 0 Å². The molecule has 1 fully saturated rings. The Bertz CT molecular complexity index is 271. The summed E-state index contributed by atoms with van der Waals surface area (Å²) in [5.74, 6) is 1.38. The monoisotopic (exact) mass is 221 g/mol. The third kappa shape index (κ3) is 2.20. The summed E-state index contributed by atoms with van der Waals surface area (Å²) in [5.41, 5.74) is 6.92. The van der Waals surface area contributed by atoms with Crippen LogP contribution in [0.1, 0.15) is 59.3 Å². The zero-order valence-electron chi connectivity index (χ0n) is 11.1. The third-order valence-corrected chi connectivity index (χ3v) is 4.98. The molecule has 0 aromatic rings. The number of rotatable bonds is 1. The van der Waals surface area contributed by atoms with Gasteiger partial charge in [-0.15, -0.1) is 0 Å². The van der Waals surface area contributed by atoms with E-state index in [2.05, 4.69) is 32.9 Å². The van der Waals surface area contributed by atoms with Crippen molar-refractivity contribution in [1.29, 1.82) is 0 Å². The van der Waals surface area contributed by atoms with Crippen molar-refractivity contribution in [2.75, 3.05) is 0 Å². The zero-order valence-corrected chi connectivity index (χ0v) is 11.1. The van der Waals surface area contributed by atoms with Crippen molar-refractivity contribution in [2.45, 2.75) is 64.8 Å². The van der Waals surface area contributed by atoms with Crippen LogP contribution in [0.4, 0.5) is 0 Å². The average Bonchev–Trinajstić information content (AvgIpc) is 2.23. The molecule has 16 heavy (non-hydrogen) atoms. The van der Waals surface area contributed by atoms with Gasteiger partial charge in [-0.1, -0.05) is 45.3 Å². The SMILES string of the molecule is CC1C=CC(C)(N)C(C2(C)CCCCC2)C1. The lowest BCUT2D eigenvalue weighted by Crippen LogP contribution is -2.52. The smallest absolute Gasteiger partial charge is 0.0344 e. The lowest BCUT2D eigenvalue weighted by molar-refractivity contribution is 0.0588. The van der Waals surface area contributed by atoms with Gasteiger partial charge in [-0.05, 0) is 43.4 Å². The highest BCUT2D eigenvalue weighted by Gasteiger charge is 2.44. The van der Waals surface area contributed by atoms with Gasteiger partial charge in [0.15, 0.2) is 0 Å². The van der Waals surface area contributed by atoms with E-state index in [1.54, 1.807) is 0 Å². The molecule has 3 atom stereocenters. The first-order valence-electron chi connectivity index (χ1n) is 6.92. The second-order valence-corrected chi connectivity index (χ2v) is 6.71. The van der Waals surface area contributed by atoms with Gasteiger partial charge in [-0.3, -0.25) is 0 Å². The number of allylic oxidation sites excluding steroid dienone is 1. The van der Waals surface area contributed by atoms with Crippen LogP contribution in [0.5, 0.6) is 0 Å². The Morgan fingerprint density at radius 2 is 1.75 bits per heavy atom. The van der Waals surface area contributed by atoms with Crippen LogP contribution in [-0.2, 0) is 0 Å². The van der Waals surface area contributed by atoms with Gasteiger partial charge in [0.05, 0.1) is 0 Å². The van der Waals surface area contributed by atoms with E-state index in [4.69, 9.17) is 5.73 Å². The Morgan fingerprint density at radius 3 is 2.38 bits per heavy atom. The molecule has 0 amide bonds. The second kappa shape index (κ2) is 4.18. The Labute approximate surface area is 100 Å². The summed E-state index contributed by atoms with van der Waals surface area (Å²) >= 11 is 0. The predicted octanol–water partition coefficient (Wildman–Crippen LogP) is 3.89. The van der Waals surface area contributed by atoms with Gasteiger partial charge < -0.3 is 5.73 Å². The standard InChI is InChI=1S/C15H27N/c1-12-7-10-15(3,16)13(11-12)14(2)8-5-4-6-9-14/h7,10,12-13H,4-6,8-9,11,16H2,1-3H3. The lowest BCUT2D eigenvalue weighted by Gasteiger charge is -2.50. The summed E-state index contributed by atoms with van der Waals surface area (Å²) in [5, 5.41) is 0. The molecule has 0 spiro atoms. The molecule has 2 aliphatic carbocycles. The van der Waals surface area contributed by atoms with E-state index in [9.17, 15) is 0 Å². The Balaban J connectivity index is 2.21. The molecule has 0 aromatic carbocycles. The molecule has 2 aliphatic rings. The van der Waals surface area contributed by atoms with E-state index < -0.39 is 0 Å². The van der Waals surface area contributed by atoms with Crippen molar-refractivity contribution in [3.63, 3.8) is 0 Å². The first kappa shape index (κ1) is 12.2. The van der Waals surface area contributed by atoms with Gasteiger partial charge in [-0.2, -0.15) is 0 Å². The maximum atomic E-state index is 6.51. The zero-order chi connectivity index (χ0) is 11.8. The topological polar surface area (TPSA) is 26.0 Å². The van der Waals surface area contributed by atoms with E-state index in [1.807, 2.05) is 0 Å². The minimum absolute atomic E-state index is 0.0847. The molecule has 2 N–H and O–H groups in total. The molecule has 1 nitrogen and oxygen atoms in total. The van der Waals surface area contributed by atoms with Crippen LogP contribution in [0.25, 0.3) is 0 Å². The van der Waals surface area contributed by atoms with Crippen LogP contribution in [0, 0.1) is 17.3 Å². The summed E-state index contributed by atoms with van der Waals surface area (Å²) in [7, 11) is 0. The molecule has 0 radical (unpaired) electrons. The lowest BCUT2D eigenvalue weighted by atomic mass is 9.57. The van der Waals surface area contributed by atoms with Crippen LogP contribution >= 0.6 is 0 Å². The van der Waals surface area contributed by atoms with Crippen LogP contribution in [0.3, 0.4) is 0 Å². The number of hydrogen-bond acceptors (Lipinski definition) is 1. The normalized spacial score (nSPS) is 43.2. The summed E-state index contributed by atoms with van der Waals surface area (Å²) < 4.78 is 0. The summed E-state index contributed by atoms with van der Waals surface area (Å²) in [6.07, 6.45) is 12.8. The van der Waals surface area contributed by atoms with Crippen molar-refractivity contribution >= 4 is 0 Å². The summed E-state index contributed by atoms with van der Waals surface area (Å²) in [6.45, 7) is 7.03. The van der Waals surface area contributed by atoms with E-state index >= 15 is 0 Å². The quantitative estimate of drug-likeness (QED) is 0.668. The van der Waals surface area contributed by atoms with E-state index in [-0.39, 0.29) is 5.54 Å². The first-order valence-corrected chi connectivity index (χ1v) is 6.92. The van der Waals surface area contributed by atoms with Crippen molar-refractivity contribution in [1.82, 2.24) is 0 Å². The highest BCUT2D eigenvalue weighted by Crippen LogP contribution is 2.50. The Kier molecular flexibility index (Phi) is 3.18. The fraction of sp³-hybridized carbons (Fsp3) is 0.867. The highest BCUT2D eigenvalue weighted by molar-refractivity contribution is 5.15. The molecule has 0 aromatic heterocycles. The van der Waals surface area contributed by atoms with Crippen molar-refractivity contribution in [3.8, 4) is 0 Å². The fourth-order valence-corrected chi connectivity index (χ4v) is 3.94. The largest absolute Gasteiger partial charge is 0.322 e. The van der Waals surface area contributed by atoms with Gasteiger partial charge in [0.1, 0.15) is 0 Å². The number of hydrogen-bond donors (Lipinski definition) is 1. The van der Waals surface area contributed by atoms with Gasteiger partial charge in [0.25, 0.3) is 0 Å². The molecular formula is C15H27N. The van der Waals surface area contributed by atoms with E-state index in [0.717, 1.165) is 0 Å². The van der Waals surface area contributed by atoms with Crippen molar-refractivity contribution < 1.29 is 0 Å². The molecule has 2 rings (SSSR count). The van der Waals surface area contributed by atoms with Gasteiger partial charge in [0.2, 0.25) is 0 Å². The van der Waals surface area contributed by atoms with Crippen LogP contribution in [0.15, 0.2) is 12.2 Å². The van der Waals surface area contributed by atoms with E-state index in [0.29, 0.717) is 17.3 Å². The third-order valence-electron chi connectivity index (χ3n) is 4.98. The molecule has 1 saturated carbocycles. The fourth-order valence-electron chi connectivity index (χ4n) is 3.94. The second-order valence-electron chi connectivity index (χ2n) is 6.71. The molecule has 92 valence electrons. The summed E-state index contributed by atoms with van der Waals surface area (Å²) in [4.78, 5) is 0. The van der Waals surface area contributed by atoms with E-state index in [1.165, 1.54) is 38.5 Å². The molecule has 0 saturated heterocycles. The number of nitrogens with two attached hydrogens (primary N) is 1. The first-order chi connectivity index (χ1) is 7.44. The highest BCUT2D eigenvalue weighted by atomic mass is 14.8. The minimum Gasteiger partial charge on any atom is -0.322 e. The summed E-state index contributed by atoms with van der Waals surface area (Å²) in [6, 6.07) is 0. The van der Waals surface area contributed by atoms with Crippen LogP contribution in [-0.4, -0.2) is 5.54 Å². The Hall–Kier alpha value is -0.300. The molecule has 0 aliphatic heterocycles.